The second-order valence-corrected chi connectivity index (χ2v) is 6.52. The van der Waals surface area contributed by atoms with Crippen molar-refractivity contribution in [3.63, 3.8) is 0 Å². The largest absolute Gasteiger partial charge is 0.479 e. The van der Waals surface area contributed by atoms with Gasteiger partial charge in [0, 0.05) is 18.2 Å². The Morgan fingerprint density at radius 3 is 2.68 bits per heavy atom. The molecule has 25 heavy (non-hydrogen) atoms. The molecule has 2 aromatic rings. The van der Waals surface area contributed by atoms with Crippen LogP contribution in [0.3, 0.4) is 0 Å². The molecule has 0 fully saturated rings. The lowest BCUT2D eigenvalue weighted by molar-refractivity contribution is -0.145. The van der Waals surface area contributed by atoms with Crippen LogP contribution < -0.4 is 10.9 Å². The highest BCUT2D eigenvalue weighted by Gasteiger charge is 2.45. The highest BCUT2D eigenvalue weighted by Crippen LogP contribution is 2.36. The zero-order valence-corrected chi connectivity index (χ0v) is 14.9. The number of carbonyl (C=O) groups is 1. The molecule has 0 saturated heterocycles. The third-order valence-corrected chi connectivity index (χ3v) is 5.00. The monoisotopic (exact) mass is 345 g/mol. The molecular weight excluding hydrogens is 318 g/mol. The number of hydrogen-bond acceptors (Lipinski definition) is 5. The van der Waals surface area contributed by atoms with Gasteiger partial charge in [-0.05, 0) is 37.8 Å². The van der Waals surface area contributed by atoms with E-state index in [0.717, 1.165) is 23.7 Å². The predicted octanol–water partition coefficient (Wildman–Crippen LogP) is 2.95. The number of carboxylic acid groups (broad SMARTS) is 1. The third-order valence-electron chi connectivity index (χ3n) is 5.00. The van der Waals surface area contributed by atoms with Crippen LogP contribution in [0, 0.1) is 5.92 Å². The number of pyridine rings is 1. The quantitative estimate of drug-likeness (QED) is 0.477. The number of hydrazine groups is 1. The molecule has 4 N–H and O–H groups in total. The van der Waals surface area contributed by atoms with Crippen molar-refractivity contribution in [1.82, 2.24) is 4.98 Å². The van der Waals surface area contributed by atoms with Crippen molar-refractivity contribution in [3.05, 3.63) is 36.5 Å². The number of unbranched alkanes of at least 4 members (excludes halogenated alkanes) is 1. The van der Waals surface area contributed by atoms with E-state index in [1.807, 2.05) is 24.3 Å². The molecule has 2 unspecified atom stereocenters. The lowest BCUT2D eigenvalue weighted by Crippen LogP contribution is -2.61. The average Bonchev–Trinajstić information content (AvgIpc) is 2.63. The fourth-order valence-corrected chi connectivity index (χ4v) is 3.33. The Labute approximate surface area is 148 Å². The lowest BCUT2D eigenvalue weighted by Gasteiger charge is -2.42. The molecule has 6 heteroatoms. The topological polar surface area (TPSA) is 99.7 Å². The number of carboxylic acids is 1. The summed E-state index contributed by atoms with van der Waals surface area (Å²) >= 11 is 0. The summed E-state index contributed by atoms with van der Waals surface area (Å²) in [5.41, 5.74) is 0.0487. The fourth-order valence-electron chi connectivity index (χ4n) is 3.33. The van der Waals surface area contributed by atoms with Crippen LogP contribution in [0.5, 0.6) is 0 Å². The first kappa shape index (κ1) is 19.1. The molecule has 0 saturated carbocycles. The molecule has 2 atom stereocenters. The average molecular weight is 345 g/mol. The predicted molar refractivity (Wildman–Crippen MR) is 99.2 cm³/mol. The first-order valence-electron chi connectivity index (χ1n) is 8.69. The summed E-state index contributed by atoms with van der Waals surface area (Å²) in [6.45, 7) is 3.63. The van der Waals surface area contributed by atoms with Crippen LogP contribution in [0.1, 0.15) is 39.5 Å². The first-order chi connectivity index (χ1) is 12.0. The van der Waals surface area contributed by atoms with Gasteiger partial charge in [-0.2, -0.15) is 0 Å². The Balaban J connectivity index is 2.51. The Hall–Kier alpha value is -2.18. The van der Waals surface area contributed by atoms with Crippen LogP contribution in [-0.2, 0) is 4.79 Å². The summed E-state index contributed by atoms with van der Waals surface area (Å²) in [5, 5.41) is 21.6. The molecule has 0 radical (unpaired) electrons. The van der Waals surface area contributed by atoms with E-state index in [0.29, 0.717) is 18.5 Å². The number of aliphatic hydroxyl groups is 1. The molecule has 1 heterocycles. The van der Waals surface area contributed by atoms with Gasteiger partial charge in [0.15, 0.2) is 5.54 Å². The minimum Gasteiger partial charge on any atom is -0.479 e. The fraction of sp³-hybridized carbons (Fsp3) is 0.474. The summed E-state index contributed by atoms with van der Waals surface area (Å²) in [5.74, 6) is 5.12. The molecule has 6 nitrogen and oxygen atoms in total. The van der Waals surface area contributed by atoms with Crippen LogP contribution >= 0.6 is 0 Å². The van der Waals surface area contributed by atoms with E-state index in [1.165, 1.54) is 5.01 Å². The van der Waals surface area contributed by atoms with Gasteiger partial charge in [-0.3, -0.25) is 9.99 Å². The van der Waals surface area contributed by atoms with Crippen molar-refractivity contribution in [3.8, 4) is 0 Å². The number of benzene rings is 1. The minimum atomic E-state index is -1.33. The van der Waals surface area contributed by atoms with E-state index in [9.17, 15) is 15.0 Å². The zero-order chi connectivity index (χ0) is 18.4. The molecule has 1 aromatic heterocycles. The highest BCUT2D eigenvalue weighted by molar-refractivity contribution is 5.94. The van der Waals surface area contributed by atoms with Gasteiger partial charge in [-0.15, -0.1) is 0 Å². The summed E-state index contributed by atoms with van der Waals surface area (Å²) in [4.78, 5) is 16.5. The van der Waals surface area contributed by atoms with E-state index in [4.69, 9.17) is 5.84 Å². The number of rotatable bonds is 9. The number of hydrogen-bond donors (Lipinski definition) is 3. The molecule has 0 amide bonds. The Bertz CT molecular complexity index is 717. The molecular formula is C19H27N3O3. The third kappa shape index (κ3) is 3.75. The molecule has 136 valence electrons. The Morgan fingerprint density at radius 1 is 1.32 bits per heavy atom. The molecule has 0 aliphatic heterocycles. The SMILES string of the molecule is CCCCC(CCO)C(C)(C(=O)O)N(N)c1ccnc2ccccc12. The van der Waals surface area contributed by atoms with Crippen molar-refractivity contribution in [2.24, 2.45) is 11.8 Å². The van der Waals surface area contributed by atoms with Gasteiger partial charge in [-0.25, -0.2) is 10.6 Å². The Kier molecular flexibility index (Phi) is 6.33. The first-order valence-corrected chi connectivity index (χ1v) is 8.69. The van der Waals surface area contributed by atoms with Gasteiger partial charge in [0.05, 0.1) is 11.2 Å². The van der Waals surface area contributed by atoms with Crippen LogP contribution in [0.25, 0.3) is 10.9 Å². The zero-order valence-electron chi connectivity index (χ0n) is 14.9. The molecule has 2 rings (SSSR count). The van der Waals surface area contributed by atoms with Gasteiger partial charge in [0.1, 0.15) is 0 Å². The van der Waals surface area contributed by atoms with Crippen LogP contribution in [0.2, 0.25) is 0 Å². The maximum atomic E-state index is 12.2. The highest BCUT2D eigenvalue weighted by atomic mass is 16.4. The van der Waals surface area contributed by atoms with Crippen LogP contribution in [0.15, 0.2) is 36.5 Å². The number of nitrogens with two attached hydrogens (primary N) is 1. The van der Waals surface area contributed by atoms with Crippen molar-refractivity contribution in [2.45, 2.75) is 45.1 Å². The lowest BCUT2D eigenvalue weighted by atomic mass is 9.79. The van der Waals surface area contributed by atoms with Gasteiger partial charge >= 0.3 is 5.97 Å². The molecule has 0 bridgehead atoms. The molecule has 1 aromatic carbocycles. The summed E-state index contributed by atoms with van der Waals surface area (Å²) in [6.07, 6.45) is 4.56. The van der Waals surface area contributed by atoms with Gasteiger partial charge in [-0.1, -0.05) is 38.0 Å². The van der Waals surface area contributed by atoms with Gasteiger partial charge in [0.25, 0.3) is 0 Å². The van der Waals surface area contributed by atoms with Crippen LogP contribution in [-0.4, -0.2) is 33.3 Å². The van der Waals surface area contributed by atoms with E-state index < -0.39 is 11.5 Å². The number of aliphatic hydroxyl groups excluding tert-OH is 1. The number of para-hydroxylation sites is 1. The van der Waals surface area contributed by atoms with Crippen molar-refractivity contribution in [2.75, 3.05) is 11.6 Å². The number of aliphatic carboxylic acids is 1. The van der Waals surface area contributed by atoms with Crippen molar-refractivity contribution < 1.29 is 15.0 Å². The van der Waals surface area contributed by atoms with E-state index in [1.54, 1.807) is 19.2 Å². The number of nitrogens with zero attached hydrogens (tertiary/aromatic N) is 2. The second-order valence-electron chi connectivity index (χ2n) is 6.52. The van der Waals surface area contributed by atoms with Crippen LogP contribution in [0.4, 0.5) is 5.69 Å². The normalized spacial score (nSPS) is 14.9. The second kappa shape index (κ2) is 8.27. The summed E-state index contributed by atoms with van der Waals surface area (Å²) in [7, 11) is 0. The number of aromatic nitrogens is 1. The Morgan fingerprint density at radius 2 is 2.04 bits per heavy atom. The maximum absolute atomic E-state index is 12.2. The molecule has 0 aliphatic carbocycles. The van der Waals surface area contributed by atoms with E-state index in [-0.39, 0.29) is 12.5 Å². The minimum absolute atomic E-state index is 0.0673. The summed E-state index contributed by atoms with van der Waals surface area (Å²) < 4.78 is 0. The molecule has 0 aliphatic rings. The van der Waals surface area contributed by atoms with E-state index >= 15 is 0 Å². The summed E-state index contributed by atoms with van der Waals surface area (Å²) in [6, 6.07) is 9.24. The number of anilines is 1. The maximum Gasteiger partial charge on any atom is 0.331 e. The van der Waals surface area contributed by atoms with Crippen molar-refractivity contribution in [1.29, 1.82) is 0 Å². The van der Waals surface area contributed by atoms with Crippen molar-refractivity contribution >= 4 is 22.6 Å². The van der Waals surface area contributed by atoms with Gasteiger partial charge in [0.2, 0.25) is 0 Å². The molecule has 0 spiro atoms. The smallest absolute Gasteiger partial charge is 0.331 e. The number of fused-ring (bicyclic) bond motifs is 1. The van der Waals surface area contributed by atoms with E-state index in [2.05, 4.69) is 11.9 Å². The van der Waals surface area contributed by atoms with Gasteiger partial charge < -0.3 is 10.2 Å². The standard InChI is InChI=1S/C19H27N3O3/c1-3-4-7-14(11-13-23)19(2,18(24)25)22(20)17-10-12-21-16-9-6-5-8-15(16)17/h5-6,8-10,12,14,23H,3-4,7,11,13,20H2,1-2H3,(H,24,25).